The lowest BCUT2D eigenvalue weighted by Gasteiger charge is -2.48. The molecule has 564 valence electrons. The van der Waals surface area contributed by atoms with Gasteiger partial charge >= 0.3 is 0 Å². The Morgan fingerprint density at radius 2 is 0.704 bits per heavy atom. The van der Waals surface area contributed by atoms with Gasteiger partial charge in [0.2, 0.25) is 5.91 Å². The van der Waals surface area contributed by atoms with Crippen LogP contribution in [0.1, 0.15) is 251 Å². The third-order valence-corrected chi connectivity index (χ3v) is 18.3. The Bertz CT molecular complexity index is 2200. The summed E-state index contributed by atoms with van der Waals surface area (Å²) in [5.41, 5.74) is 0. The maximum Gasteiger partial charge on any atom is 0.220 e. The number of allylic oxidation sites excluding steroid dienone is 17. The highest BCUT2D eigenvalue weighted by Crippen LogP contribution is 2.33. The van der Waals surface area contributed by atoms with Crippen LogP contribution in [0.3, 0.4) is 0 Å². The zero-order chi connectivity index (χ0) is 71.1. The molecule has 0 saturated carbocycles. The van der Waals surface area contributed by atoms with Crippen LogP contribution in [0.4, 0.5) is 0 Å². The Hall–Kier alpha value is -3.55. The summed E-state index contributed by atoms with van der Waals surface area (Å²) in [6, 6.07) is -0.986. The molecule has 3 heterocycles. The molecule has 0 spiro atoms. The fourth-order valence-electron chi connectivity index (χ4n) is 12.2. The van der Waals surface area contributed by atoms with Crippen molar-refractivity contribution in [3.63, 3.8) is 0 Å². The van der Waals surface area contributed by atoms with E-state index in [0.29, 0.717) is 6.42 Å². The van der Waals surface area contributed by atoms with E-state index in [0.717, 1.165) is 116 Å². The van der Waals surface area contributed by atoms with E-state index in [1.165, 1.54) is 109 Å². The van der Waals surface area contributed by atoms with Crippen molar-refractivity contribution in [3.8, 4) is 0 Å². The number of carbonyl (C=O) groups is 1. The summed E-state index contributed by atoms with van der Waals surface area (Å²) in [5.74, 6) is -0.287. The monoisotopic (exact) mass is 1390 g/mol. The zero-order valence-electron chi connectivity index (χ0n) is 60.0. The van der Waals surface area contributed by atoms with Crippen molar-refractivity contribution in [3.05, 3.63) is 109 Å². The van der Waals surface area contributed by atoms with E-state index in [2.05, 4.69) is 116 Å². The highest BCUT2D eigenvalue weighted by Gasteiger charge is 2.53. The number of aliphatic hydroxyl groups excluding tert-OH is 11. The number of carbonyl (C=O) groups excluding carboxylic acids is 1. The minimum atomic E-state index is -1.98. The standard InChI is InChI=1S/C79H135NO18/c1-3-5-7-9-11-13-15-17-19-21-23-25-26-27-28-29-30-31-32-33-34-35-36-37-39-41-43-45-47-49-51-53-55-57-67(85)80-62(63(84)56-54-52-50-48-46-44-42-40-38-24-22-20-18-16-14-12-10-8-6-4-2)61-93-77-73(91)70(88)75(65(59-82)95-77)98-79-74(92)71(89)76(66(60-83)96-79)97-78-72(90)69(87)68(86)64(58-81)94-78/h5,7,11,13,17,19,23,25,27-28,30-31,33-34,36-37,54,56,62-66,68-79,81-84,86-92H,3-4,6,8-10,12,14-16,18,20-22,24,26,29,32,35,38-53,55,57-61H2,1-2H3,(H,80,85)/b7-5-,13-11-,19-17-,25-23-,28-27-,31-30-,34-33-,37-36-,56-54+. The van der Waals surface area contributed by atoms with Crippen LogP contribution < -0.4 is 5.32 Å². The molecule has 0 radical (unpaired) electrons. The second-order valence-corrected chi connectivity index (χ2v) is 26.7. The number of nitrogens with one attached hydrogen (secondary N) is 1. The van der Waals surface area contributed by atoms with Crippen LogP contribution in [-0.4, -0.2) is 193 Å². The van der Waals surface area contributed by atoms with Crippen molar-refractivity contribution in [2.75, 3.05) is 26.4 Å². The number of ether oxygens (including phenoxy) is 6. The third-order valence-electron chi connectivity index (χ3n) is 18.3. The van der Waals surface area contributed by atoms with Gasteiger partial charge in [-0.2, -0.15) is 0 Å². The fraction of sp³-hybridized carbons (Fsp3) is 0.759. The van der Waals surface area contributed by atoms with E-state index in [1.54, 1.807) is 6.08 Å². The van der Waals surface area contributed by atoms with Crippen molar-refractivity contribution >= 4 is 5.91 Å². The predicted octanol–water partition coefficient (Wildman–Crippen LogP) is 11.8. The Morgan fingerprint density at radius 3 is 1.10 bits per heavy atom. The molecule has 0 aromatic carbocycles. The number of hydrogen-bond acceptors (Lipinski definition) is 18. The van der Waals surface area contributed by atoms with Gasteiger partial charge in [-0.25, -0.2) is 0 Å². The molecule has 19 nitrogen and oxygen atoms in total. The molecule has 0 bridgehead atoms. The second-order valence-electron chi connectivity index (χ2n) is 26.7. The number of aliphatic hydroxyl groups is 11. The molecule has 19 heteroatoms. The summed E-state index contributed by atoms with van der Waals surface area (Å²) in [4.78, 5) is 13.5. The minimum Gasteiger partial charge on any atom is -0.394 e. The number of rotatable bonds is 58. The van der Waals surface area contributed by atoms with E-state index in [9.17, 15) is 61.0 Å². The van der Waals surface area contributed by atoms with Crippen molar-refractivity contribution in [2.24, 2.45) is 0 Å². The average Bonchev–Trinajstić information content (AvgIpc) is 0.782. The second kappa shape index (κ2) is 58.9. The zero-order valence-corrected chi connectivity index (χ0v) is 60.0. The molecule has 3 aliphatic heterocycles. The molecule has 0 aromatic rings. The van der Waals surface area contributed by atoms with Crippen LogP contribution in [0.15, 0.2) is 109 Å². The topological polar surface area (TPSA) is 307 Å². The normalized spacial score (nSPS) is 27.4. The van der Waals surface area contributed by atoms with Crippen LogP contribution in [-0.2, 0) is 33.2 Å². The SMILES string of the molecule is CC/C=C\C/C=C\C/C=C\C/C=C\C/C=C\C/C=C\C/C=C\C/C=C\CCCCCCCCCCC(=O)NC(COC1OC(CO)C(OC2OC(CO)C(OC3OC(CO)C(O)C(O)C3O)C(O)C2O)C(O)C1O)C(O)/C=C/CCCCCCCCCCCCCCCCCCCC. The molecule has 12 N–H and O–H groups in total. The van der Waals surface area contributed by atoms with Gasteiger partial charge in [0.25, 0.3) is 0 Å². The van der Waals surface area contributed by atoms with Crippen molar-refractivity contribution < 1.29 is 89.4 Å². The van der Waals surface area contributed by atoms with Crippen LogP contribution >= 0.6 is 0 Å². The molecule has 3 rings (SSSR count). The molecule has 98 heavy (non-hydrogen) atoms. The lowest BCUT2D eigenvalue weighted by molar-refractivity contribution is -0.379. The molecular weight excluding hydrogens is 1250 g/mol. The first-order valence-corrected chi connectivity index (χ1v) is 38.1. The molecule has 3 saturated heterocycles. The van der Waals surface area contributed by atoms with Gasteiger partial charge in [0.15, 0.2) is 18.9 Å². The van der Waals surface area contributed by atoms with Crippen LogP contribution in [0, 0.1) is 0 Å². The quantitative estimate of drug-likeness (QED) is 0.0199. The van der Waals surface area contributed by atoms with Crippen LogP contribution in [0.2, 0.25) is 0 Å². The van der Waals surface area contributed by atoms with E-state index >= 15 is 0 Å². The third kappa shape index (κ3) is 39.2. The van der Waals surface area contributed by atoms with Gasteiger partial charge in [-0.05, 0) is 83.5 Å². The molecule has 17 unspecified atom stereocenters. The van der Waals surface area contributed by atoms with E-state index in [4.69, 9.17) is 28.4 Å². The molecule has 3 fully saturated rings. The maximum absolute atomic E-state index is 13.5. The Morgan fingerprint density at radius 1 is 0.378 bits per heavy atom. The first kappa shape index (κ1) is 88.7. The smallest absolute Gasteiger partial charge is 0.220 e. The van der Waals surface area contributed by atoms with E-state index in [-0.39, 0.29) is 18.9 Å². The van der Waals surface area contributed by atoms with Crippen LogP contribution in [0.5, 0.6) is 0 Å². The molecule has 3 aliphatic rings. The first-order valence-electron chi connectivity index (χ1n) is 38.1. The molecule has 1 amide bonds. The Balaban J connectivity index is 1.40. The van der Waals surface area contributed by atoms with Gasteiger partial charge < -0.3 is 89.9 Å². The van der Waals surface area contributed by atoms with Crippen LogP contribution in [0.25, 0.3) is 0 Å². The summed E-state index contributed by atoms with van der Waals surface area (Å²) >= 11 is 0. The average molecular weight is 1390 g/mol. The lowest BCUT2D eigenvalue weighted by Crippen LogP contribution is -2.66. The van der Waals surface area contributed by atoms with E-state index in [1.807, 2.05) is 6.08 Å². The van der Waals surface area contributed by atoms with Crippen molar-refractivity contribution in [1.29, 1.82) is 0 Å². The Kier molecular flexibility index (Phi) is 53.3. The van der Waals surface area contributed by atoms with Gasteiger partial charge in [0.1, 0.15) is 73.2 Å². The molecule has 0 aliphatic carbocycles. The van der Waals surface area contributed by atoms with Gasteiger partial charge in [-0.15, -0.1) is 0 Å². The molecule has 0 aromatic heterocycles. The summed E-state index contributed by atoms with van der Waals surface area (Å²) in [7, 11) is 0. The number of amides is 1. The number of hydrogen-bond donors (Lipinski definition) is 12. The number of unbranched alkanes of at least 4 members (excludes halogenated alkanes) is 26. The van der Waals surface area contributed by atoms with Crippen molar-refractivity contribution in [2.45, 2.75) is 356 Å². The minimum absolute atomic E-state index is 0.227. The van der Waals surface area contributed by atoms with Gasteiger partial charge in [0.05, 0.1) is 38.6 Å². The lowest BCUT2D eigenvalue weighted by atomic mass is 9.96. The fourth-order valence-corrected chi connectivity index (χ4v) is 12.2. The summed E-state index contributed by atoms with van der Waals surface area (Å²) < 4.78 is 34.4. The van der Waals surface area contributed by atoms with Gasteiger partial charge in [-0.1, -0.05) is 271 Å². The van der Waals surface area contributed by atoms with E-state index < -0.39 is 124 Å². The van der Waals surface area contributed by atoms with Gasteiger partial charge in [0, 0.05) is 6.42 Å². The highest BCUT2D eigenvalue weighted by molar-refractivity contribution is 5.76. The summed E-state index contributed by atoms with van der Waals surface area (Å²) in [5, 5.41) is 121. The maximum atomic E-state index is 13.5. The van der Waals surface area contributed by atoms with Crippen molar-refractivity contribution in [1.82, 2.24) is 5.32 Å². The van der Waals surface area contributed by atoms with Gasteiger partial charge in [-0.3, -0.25) is 4.79 Å². The Labute approximate surface area is 589 Å². The largest absolute Gasteiger partial charge is 0.394 e. The molecular formula is C79H135NO18. The first-order chi connectivity index (χ1) is 47.8. The summed E-state index contributed by atoms with van der Waals surface area (Å²) in [6.45, 7) is 1.62. The molecule has 17 atom stereocenters. The summed E-state index contributed by atoms with van der Waals surface area (Å²) in [6.07, 6.45) is 53.4. The predicted molar refractivity (Wildman–Crippen MR) is 387 cm³/mol. The highest BCUT2D eigenvalue weighted by atomic mass is 16.8.